The van der Waals surface area contributed by atoms with E-state index in [4.69, 9.17) is 19.9 Å². The lowest BCUT2D eigenvalue weighted by molar-refractivity contribution is -0.115. The summed E-state index contributed by atoms with van der Waals surface area (Å²) in [6.07, 6.45) is -0.204. The Hall–Kier alpha value is -3.72. The highest BCUT2D eigenvalue weighted by atomic mass is 32.2. The van der Waals surface area contributed by atoms with Crippen LogP contribution in [-0.2, 0) is 16.1 Å². The van der Waals surface area contributed by atoms with Crippen molar-refractivity contribution in [1.82, 2.24) is 4.57 Å². The fourth-order valence-corrected chi connectivity index (χ4v) is 4.70. The summed E-state index contributed by atoms with van der Waals surface area (Å²) in [6, 6.07) is 16.0. The average Bonchev–Trinajstić information content (AvgIpc) is 3.14. The minimum absolute atomic E-state index is 0.0382. The number of benzene rings is 2. The van der Waals surface area contributed by atoms with Gasteiger partial charge < -0.3 is 24.5 Å². The number of rotatable bonds is 9. The number of ketones is 1. The minimum atomic E-state index is -0.633. The second-order valence-electron chi connectivity index (χ2n) is 8.14. The van der Waals surface area contributed by atoms with Crippen LogP contribution in [0.3, 0.4) is 0 Å². The van der Waals surface area contributed by atoms with Gasteiger partial charge in [0.1, 0.15) is 6.61 Å². The van der Waals surface area contributed by atoms with Crippen molar-refractivity contribution < 1.29 is 28.6 Å². The summed E-state index contributed by atoms with van der Waals surface area (Å²) in [7, 11) is 0. The summed E-state index contributed by atoms with van der Waals surface area (Å²) in [6.45, 7) is 4.30. The molecule has 3 aromatic rings. The Bertz CT molecular complexity index is 1270. The van der Waals surface area contributed by atoms with Crippen molar-refractivity contribution in [1.29, 1.82) is 0 Å². The molecule has 4 rings (SSSR count). The summed E-state index contributed by atoms with van der Waals surface area (Å²) < 4.78 is 19.2. The molecule has 0 saturated carbocycles. The first-order chi connectivity index (χ1) is 16.8. The van der Waals surface area contributed by atoms with Crippen LogP contribution >= 0.6 is 11.8 Å². The Morgan fingerprint density at radius 1 is 1.06 bits per heavy atom. The molecule has 0 aliphatic carbocycles. The molecule has 35 heavy (non-hydrogen) atoms. The summed E-state index contributed by atoms with van der Waals surface area (Å²) in [5.74, 6) is 0.0346. The Morgan fingerprint density at radius 2 is 1.77 bits per heavy atom. The van der Waals surface area contributed by atoms with E-state index in [1.54, 1.807) is 30.3 Å². The predicted molar refractivity (Wildman–Crippen MR) is 131 cm³/mol. The van der Waals surface area contributed by atoms with Gasteiger partial charge >= 0.3 is 5.97 Å². The first kappa shape index (κ1) is 24.4. The van der Waals surface area contributed by atoms with Crippen LogP contribution in [-0.4, -0.2) is 47.3 Å². The number of aryl methyl sites for hydroxylation is 1. The normalized spacial score (nSPS) is 14.4. The lowest BCUT2D eigenvalue weighted by Crippen LogP contribution is -2.33. The van der Waals surface area contributed by atoms with Gasteiger partial charge in [-0.05, 0) is 44.2 Å². The van der Waals surface area contributed by atoms with Crippen molar-refractivity contribution in [3.05, 3.63) is 77.1 Å². The number of para-hydroxylation sites is 2. The van der Waals surface area contributed by atoms with Gasteiger partial charge in [-0.1, -0.05) is 24.3 Å². The van der Waals surface area contributed by atoms with E-state index < -0.39 is 18.5 Å². The van der Waals surface area contributed by atoms with Crippen molar-refractivity contribution >= 4 is 29.4 Å². The number of hydrogen-bond donors (Lipinski definition) is 1. The number of carbonyl (C=O) groups is 3. The lowest BCUT2D eigenvalue weighted by atomic mass is 10.1. The number of thioether (sulfide) groups is 1. The molecule has 2 N–H and O–H groups in total. The van der Waals surface area contributed by atoms with E-state index in [9.17, 15) is 14.4 Å². The molecular formula is C26H26N2O6S. The molecule has 8 nitrogen and oxygen atoms in total. The molecule has 0 spiro atoms. The van der Waals surface area contributed by atoms with E-state index in [0.29, 0.717) is 29.4 Å². The zero-order valence-corrected chi connectivity index (χ0v) is 20.3. The molecule has 1 unspecified atom stereocenters. The Kier molecular flexibility index (Phi) is 7.45. The van der Waals surface area contributed by atoms with E-state index in [-0.39, 0.29) is 23.2 Å². The molecule has 0 bridgehead atoms. The first-order valence-corrected chi connectivity index (χ1v) is 12.1. The lowest BCUT2D eigenvalue weighted by Gasteiger charge is -2.27. The van der Waals surface area contributed by atoms with Crippen LogP contribution in [0, 0.1) is 13.8 Å². The first-order valence-electron chi connectivity index (χ1n) is 11.1. The second-order valence-corrected chi connectivity index (χ2v) is 9.16. The SMILES string of the molecule is Cc1cc(C(=O)COC(=O)c2ccccc2SCC(N)=O)c(C)n1CC1COc2ccccc2O1. The summed E-state index contributed by atoms with van der Waals surface area (Å²) in [5, 5.41) is 0. The van der Waals surface area contributed by atoms with Crippen LogP contribution in [0.4, 0.5) is 0 Å². The number of ether oxygens (including phenoxy) is 3. The highest BCUT2D eigenvalue weighted by molar-refractivity contribution is 8.00. The van der Waals surface area contributed by atoms with Crippen LogP contribution in [0.1, 0.15) is 32.1 Å². The summed E-state index contributed by atoms with van der Waals surface area (Å²) in [4.78, 5) is 37.2. The van der Waals surface area contributed by atoms with E-state index in [1.165, 1.54) is 0 Å². The molecule has 1 aliphatic heterocycles. The standard InChI is InChI=1S/C26H26N2O6S/c1-16-11-20(17(2)28(16)12-18-13-32-22-8-4-5-9-23(22)34-18)21(29)14-33-26(31)19-7-3-6-10-24(19)35-15-25(27)30/h3-11,18H,12-15H2,1-2H3,(H2,27,30). The number of carbonyl (C=O) groups excluding carboxylic acids is 3. The molecule has 2 heterocycles. The third-order valence-electron chi connectivity index (χ3n) is 5.64. The summed E-state index contributed by atoms with van der Waals surface area (Å²) >= 11 is 1.15. The third-order valence-corrected chi connectivity index (χ3v) is 6.73. The predicted octanol–water partition coefficient (Wildman–Crippen LogP) is 3.56. The maximum absolute atomic E-state index is 12.9. The number of amides is 1. The summed E-state index contributed by atoms with van der Waals surface area (Å²) in [5.41, 5.74) is 7.64. The number of fused-ring (bicyclic) bond motifs is 1. The molecule has 9 heteroatoms. The number of primary amides is 1. The number of aromatic nitrogens is 1. The van der Waals surface area contributed by atoms with E-state index in [0.717, 1.165) is 28.9 Å². The Labute approximate surface area is 207 Å². The van der Waals surface area contributed by atoms with Crippen LogP contribution < -0.4 is 15.2 Å². The van der Waals surface area contributed by atoms with E-state index in [2.05, 4.69) is 0 Å². The zero-order valence-electron chi connectivity index (χ0n) is 19.5. The molecule has 182 valence electrons. The minimum Gasteiger partial charge on any atom is -0.486 e. The van der Waals surface area contributed by atoms with Crippen molar-refractivity contribution in [2.75, 3.05) is 19.0 Å². The van der Waals surface area contributed by atoms with Gasteiger partial charge in [-0.2, -0.15) is 0 Å². The van der Waals surface area contributed by atoms with Gasteiger partial charge in [-0.3, -0.25) is 9.59 Å². The number of Topliss-reactive ketones (excluding diaryl/α,β-unsaturated/α-hetero) is 1. The van der Waals surface area contributed by atoms with Crippen LogP contribution in [0.2, 0.25) is 0 Å². The number of nitrogens with zero attached hydrogens (tertiary/aromatic N) is 1. The molecule has 1 aromatic heterocycles. The van der Waals surface area contributed by atoms with Crippen molar-refractivity contribution in [2.45, 2.75) is 31.4 Å². The average molecular weight is 495 g/mol. The number of esters is 1. The van der Waals surface area contributed by atoms with Gasteiger partial charge in [0.2, 0.25) is 11.7 Å². The Balaban J connectivity index is 1.40. The van der Waals surface area contributed by atoms with Crippen molar-refractivity contribution in [3.8, 4) is 11.5 Å². The highest BCUT2D eigenvalue weighted by Crippen LogP contribution is 2.31. The third kappa shape index (κ3) is 5.68. The van der Waals surface area contributed by atoms with E-state index >= 15 is 0 Å². The van der Waals surface area contributed by atoms with Crippen LogP contribution in [0.5, 0.6) is 11.5 Å². The van der Waals surface area contributed by atoms with Crippen molar-refractivity contribution in [2.24, 2.45) is 5.73 Å². The maximum atomic E-state index is 12.9. The number of nitrogens with two attached hydrogens (primary N) is 1. The zero-order chi connectivity index (χ0) is 24.9. The van der Waals surface area contributed by atoms with Gasteiger partial charge in [-0.15, -0.1) is 11.8 Å². The largest absolute Gasteiger partial charge is 0.486 e. The van der Waals surface area contributed by atoms with Crippen molar-refractivity contribution in [3.63, 3.8) is 0 Å². The van der Waals surface area contributed by atoms with Gasteiger partial charge in [0.15, 0.2) is 24.2 Å². The molecule has 1 atom stereocenters. The highest BCUT2D eigenvalue weighted by Gasteiger charge is 2.24. The molecule has 0 radical (unpaired) electrons. The van der Waals surface area contributed by atoms with E-state index in [1.807, 2.05) is 42.7 Å². The van der Waals surface area contributed by atoms with Gasteiger partial charge in [0, 0.05) is 21.8 Å². The van der Waals surface area contributed by atoms with Crippen LogP contribution in [0.25, 0.3) is 0 Å². The number of hydrogen-bond acceptors (Lipinski definition) is 7. The molecule has 0 saturated heterocycles. The molecule has 1 amide bonds. The molecule has 1 aliphatic rings. The second kappa shape index (κ2) is 10.7. The maximum Gasteiger partial charge on any atom is 0.339 e. The fraction of sp³-hybridized carbons (Fsp3) is 0.269. The smallest absolute Gasteiger partial charge is 0.339 e. The Morgan fingerprint density at radius 3 is 2.54 bits per heavy atom. The van der Waals surface area contributed by atoms with Gasteiger partial charge in [0.05, 0.1) is 17.9 Å². The van der Waals surface area contributed by atoms with Gasteiger partial charge in [-0.25, -0.2) is 4.79 Å². The van der Waals surface area contributed by atoms with Crippen LogP contribution in [0.15, 0.2) is 59.5 Å². The topological polar surface area (TPSA) is 110 Å². The fourth-order valence-electron chi connectivity index (χ4n) is 3.92. The van der Waals surface area contributed by atoms with Gasteiger partial charge in [0.25, 0.3) is 0 Å². The monoisotopic (exact) mass is 494 g/mol. The quantitative estimate of drug-likeness (QED) is 0.275. The molecule has 2 aromatic carbocycles. The molecule has 0 fully saturated rings. The molecular weight excluding hydrogens is 468 g/mol.